The van der Waals surface area contributed by atoms with Crippen LogP contribution in [0.2, 0.25) is 0 Å². The van der Waals surface area contributed by atoms with Crippen LogP contribution in [0.3, 0.4) is 0 Å². The van der Waals surface area contributed by atoms with Crippen LogP contribution < -0.4 is 0 Å². The molecule has 0 bridgehead atoms. The average Bonchev–Trinajstić information content (AvgIpc) is 3.19. The molecule has 0 aliphatic carbocycles. The standard InChI is InChI=1S/C25H24N2O4S/c28-25(26-12-14-31-15-13-26)17-27-16-24(22-10-3-4-11-23(22)27)32(29,30)18-20-8-5-7-19-6-1-2-9-21(19)20/h1-11,16H,12-15,17-18H2. The number of nitrogens with zero attached hydrogens (tertiary/aromatic N) is 2. The second-order valence-electron chi connectivity index (χ2n) is 8.03. The molecular weight excluding hydrogens is 424 g/mol. The summed E-state index contributed by atoms with van der Waals surface area (Å²) in [5.41, 5.74) is 1.51. The molecule has 5 rings (SSSR count). The largest absolute Gasteiger partial charge is 0.378 e. The quantitative estimate of drug-likeness (QED) is 0.468. The molecule has 6 nitrogen and oxygen atoms in total. The van der Waals surface area contributed by atoms with Crippen molar-refractivity contribution in [3.8, 4) is 0 Å². The van der Waals surface area contributed by atoms with Crippen LogP contribution in [0.5, 0.6) is 0 Å². The number of amides is 1. The normalized spacial score (nSPS) is 14.8. The van der Waals surface area contributed by atoms with E-state index in [0.717, 1.165) is 21.9 Å². The van der Waals surface area contributed by atoms with E-state index in [1.54, 1.807) is 21.7 Å². The van der Waals surface area contributed by atoms with E-state index in [1.807, 2.05) is 60.7 Å². The zero-order chi connectivity index (χ0) is 22.1. The number of aromatic nitrogens is 1. The summed E-state index contributed by atoms with van der Waals surface area (Å²) < 4.78 is 34.1. The predicted molar refractivity (Wildman–Crippen MR) is 124 cm³/mol. The van der Waals surface area contributed by atoms with Crippen molar-refractivity contribution in [2.75, 3.05) is 26.3 Å². The Morgan fingerprint density at radius 3 is 2.38 bits per heavy atom. The second-order valence-corrected chi connectivity index (χ2v) is 9.99. The van der Waals surface area contributed by atoms with Gasteiger partial charge in [0.15, 0.2) is 9.84 Å². The maximum Gasteiger partial charge on any atom is 0.242 e. The summed E-state index contributed by atoms with van der Waals surface area (Å²) in [4.78, 5) is 14.8. The fourth-order valence-corrected chi connectivity index (χ4v) is 5.96. The minimum atomic E-state index is -3.64. The van der Waals surface area contributed by atoms with Crippen molar-refractivity contribution >= 4 is 37.4 Å². The lowest BCUT2D eigenvalue weighted by molar-refractivity contribution is -0.135. The minimum Gasteiger partial charge on any atom is -0.378 e. The monoisotopic (exact) mass is 448 g/mol. The van der Waals surface area contributed by atoms with Crippen molar-refractivity contribution in [1.82, 2.24) is 9.47 Å². The first kappa shape index (κ1) is 20.7. The molecule has 7 heteroatoms. The van der Waals surface area contributed by atoms with Crippen LogP contribution >= 0.6 is 0 Å². The predicted octanol–water partition coefficient (Wildman–Crippen LogP) is 3.63. The maximum atomic E-state index is 13.5. The van der Waals surface area contributed by atoms with Gasteiger partial charge in [-0.05, 0) is 22.4 Å². The van der Waals surface area contributed by atoms with Crippen molar-refractivity contribution in [2.45, 2.75) is 17.2 Å². The van der Waals surface area contributed by atoms with Crippen molar-refractivity contribution in [2.24, 2.45) is 0 Å². The van der Waals surface area contributed by atoms with Gasteiger partial charge in [0.1, 0.15) is 6.54 Å². The first-order chi connectivity index (χ1) is 15.5. The van der Waals surface area contributed by atoms with E-state index in [1.165, 1.54) is 0 Å². The second kappa shape index (κ2) is 8.41. The van der Waals surface area contributed by atoms with Gasteiger partial charge in [-0.1, -0.05) is 60.7 Å². The van der Waals surface area contributed by atoms with Crippen LogP contribution in [-0.2, 0) is 31.7 Å². The molecule has 0 unspecified atom stereocenters. The molecule has 0 spiro atoms. The summed E-state index contributed by atoms with van der Waals surface area (Å²) in [7, 11) is -3.64. The summed E-state index contributed by atoms with van der Waals surface area (Å²) in [6.07, 6.45) is 1.61. The first-order valence-corrected chi connectivity index (χ1v) is 12.3. The van der Waals surface area contributed by atoms with Crippen molar-refractivity contribution in [3.63, 3.8) is 0 Å². The number of rotatable bonds is 5. The molecule has 1 saturated heterocycles. The lowest BCUT2D eigenvalue weighted by Gasteiger charge is -2.27. The third-order valence-electron chi connectivity index (χ3n) is 5.98. The number of hydrogen-bond donors (Lipinski definition) is 0. The molecule has 4 aromatic rings. The SMILES string of the molecule is O=C(Cn1cc(S(=O)(=O)Cc2cccc3ccccc23)c2ccccc21)N1CCOCC1. The number of ether oxygens (including phenoxy) is 1. The zero-order valence-electron chi connectivity index (χ0n) is 17.6. The highest BCUT2D eigenvalue weighted by Crippen LogP contribution is 2.30. The highest BCUT2D eigenvalue weighted by Gasteiger charge is 2.24. The van der Waals surface area contributed by atoms with Gasteiger partial charge in [0.25, 0.3) is 0 Å². The Morgan fingerprint density at radius 1 is 0.875 bits per heavy atom. The molecule has 1 aliphatic rings. The lowest BCUT2D eigenvalue weighted by atomic mass is 10.1. The summed E-state index contributed by atoms with van der Waals surface area (Å²) in [6.45, 7) is 2.28. The number of fused-ring (bicyclic) bond motifs is 2. The van der Waals surface area contributed by atoms with Gasteiger partial charge in [-0.15, -0.1) is 0 Å². The molecule has 0 atom stereocenters. The van der Waals surface area contributed by atoms with Gasteiger partial charge >= 0.3 is 0 Å². The number of morpholine rings is 1. The Hall–Kier alpha value is -3.16. The molecule has 164 valence electrons. The molecular formula is C25H24N2O4S. The number of benzene rings is 3. The Kier molecular flexibility index (Phi) is 5.45. The molecule has 2 heterocycles. The Bertz CT molecular complexity index is 1400. The van der Waals surface area contributed by atoms with Crippen LogP contribution in [-0.4, -0.2) is 50.1 Å². The van der Waals surface area contributed by atoms with E-state index in [2.05, 4.69) is 0 Å². The van der Waals surface area contributed by atoms with Gasteiger partial charge in [-0.25, -0.2) is 8.42 Å². The van der Waals surface area contributed by atoms with Gasteiger partial charge in [-0.3, -0.25) is 4.79 Å². The number of hydrogen-bond acceptors (Lipinski definition) is 4. The lowest BCUT2D eigenvalue weighted by Crippen LogP contribution is -2.42. The Labute approximate surface area is 186 Å². The fraction of sp³-hybridized carbons (Fsp3) is 0.240. The summed E-state index contributed by atoms with van der Waals surface area (Å²) in [6, 6.07) is 20.9. The van der Waals surface area contributed by atoms with Crippen LogP contribution in [0, 0.1) is 0 Å². The van der Waals surface area contributed by atoms with E-state index < -0.39 is 9.84 Å². The van der Waals surface area contributed by atoms with Crippen molar-refractivity contribution < 1.29 is 17.9 Å². The number of carbonyl (C=O) groups excluding carboxylic acids is 1. The third kappa shape index (κ3) is 3.89. The molecule has 1 aliphatic heterocycles. The molecule has 32 heavy (non-hydrogen) atoms. The molecule has 3 aromatic carbocycles. The van der Waals surface area contributed by atoms with Crippen LogP contribution in [0.25, 0.3) is 21.7 Å². The molecule has 1 aromatic heterocycles. The van der Waals surface area contributed by atoms with Crippen LogP contribution in [0.15, 0.2) is 77.8 Å². The number of para-hydroxylation sites is 1. The zero-order valence-corrected chi connectivity index (χ0v) is 18.4. The molecule has 0 N–H and O–H groups in total. The van der Waals surface area contributed by atoms with Crippen LogP contribution in [0.4, 0.5) is 0 Å². The van der Waals surface area contributed by atoms with Crippen LogP contribution in [0.1, 0.15) is 5.56 Å². The highest BCUT2D eigenvalue weighted by atomic mass is 32.2. The first-order valence-electron chi connectivity index (χ1n) is 10.7. The Balaban J connectivity index is 1.51. The van der Waals surface area contributed by atoms with Gasteiger partial charge in [0.2, 0.25) is 5.91 Å². The Morgan fingerprint density at radius 2 is 1.56 bits per heavy atom. The van der Waals surface area contributed by atoms with Gasteiger partial charge < -0.3 is 14.2 Å². The molecule has 1 amide bonds. The van der Waals surface area contributed by atoms with Gasteiger partial charge in [-0.2, -0.15) is 0 Å². The fourth-order valence-electron chi connectivity index (χ4n) is 4.35. The third-order valence-corrected chi connectivity index (χ3v) is 7.67. The summed E-state index contributed by atoms with van der Waals surface area (Å²) >= 11 is 0. The summed E-state index contributed by atoms with van der Waals surface area (Å²) in [5.74, 6) is -0.133. The van der Waals surface area contributed by atoms with E-state index in [0.29, 0.717) is 31.7 Å². The summed E-state index contributed by atoms with van der Waals surface area (Å²) in [5, 5.41) is 2.59. The molecule has 1 fully saturated rings. The van der Waals surface area contributed by atoms with E-state index in [-0.39, 0.29) is 23.1 Å². The molecule has 0 radical (unpaired) electrons. The van der Waals surface area contributed by atoms with E-state index >= 15 is 0 Å². The number of sulfone groups is 1. The average molecular weight is 449 g/mol. The number of carbonyl (C=O) groups is 1. The topological polar surface area (TPSA) is 68.6 Å². The van der Waals surface area contributed by atoms with Gasteiger partial charge in [0.05, 0.1) is 23.9 Å². The van der Waals surface area contributed by atoms with Crippen molar-refractivity contribution in [3.05, 3.63) is 78.5 Å². The highest BCUT2D eigenvalue weighted by molar-refractivity contribution is 7.91. The minimum absolute atomic E-state index is 0.0351. The van der Waals surface area contributed by atoms with E-state index in [4.69, 9.17) is 4.74 Å². The molecule has 0 saturated carbocycles. The van der Waals surface area contributed by atoms with Gasteiger partial charge in [0, 0.05) is 30.2 Å². The van der Waals surface area contributed by atoms with E-state index in [9.17, 15) is 13.2 Å². The maximum absolute atomic E-state index is 13.5. The van der Waals surface area contributed by atoms with Crippen molar-refractivity contribution in [1.29, 1.82) is 0 Å². The smallest absolute Gasteiger partial charge is 0.242 e.